The van der Waals surface area contributed by atoms with Crippen LogP contribution in [0.5, 0.6) is 0 Å². The molecular weight excluding hydrogens is 248 g/mol. The zero-order valence-corrected chi connectivity index (χ0v) is 10.2. The number of hydrogen-bond acceptors (Lipinski definition) is 5. The zero-order valence-electron chi connectivity index (χ0n) is 10.2. The number of anilines is 1. The number of primary amides is 1. The number of hydrogen-bond donors (Lipinski definition) is 2. The number of nitrogens with zero attached hydrogens (tertiary/aromatic N) is 3. The quantitative estimate of drug-likeness (QED) is 0.815. The molecule has 0 unspecified atom stereocenters. The third kappa shape index (κ3) is 2.44. The smallest absolute Gasteiger partial charge is 0.358 e. The molecular formula is C12H12N4O3. The molecule has 1 heterocycles. The highest BCUT2D eigenvalue weighted by Gasteiger charge is 2.20. The average Bonchev–Trinajstić information content (AvgIpc) is 2.36. The maximum atomic E-state index is 11.2. The Balaban J connectivity index is 2.68. The zero-order chi connectivity index (χ0) is 14.0. The molecule has 19 heavy (non-hydrogen) atoms. The molecule has 0 saturated carbocycles. The molecule has 2 rings (SSSR count). The lowest BCUT2D eigenvalue weighted by Crippen LogP contribution is -2.32. The standard InChI is InChI=1S/C12H12N4O3/c1-16(6-9(13)17)11-7-4-2-3-5-8(7)14-15-10(11)12(18)19/h2-5H,6H2,1H3,(H2,13,17)(H,18,19). The van der Waals surface area contributed by atoms with Gasteiger partial charge < -0.3 is 15.7 Å². The minimum Gasteiger partial charge on any atom is -0.476 e. The van der Waals surface area contributed by atoms with Gasteiger partial charge in [0, 0.05) is 12.4 Å². The van der Waals surface area contributed by atoms with E-state index < -0.39 is 11.9 Å². The maximum absolute atomic E-state index is 11.2. The van der Waals surface area contributed by atoms with Crippen molar-refractivity contribution in [2.75, 3.05) is 18.5 Å². The van der Waals surface area contributed by atoms with Gasteiger partial charge in [0.25, 0.3) is 0 Å². The molecule has 7 nitrogen and oxygen atoms in total. The third-order valence-corrected chi connectivity index (χ3v) is 2.62. The van der Waals surface area contributed by atoms with E-state index in [-0.39, 0.29) is 12.2 Å². The fourth-order valence-corrected chi connectivity index (χ4v) is 1.88. The fraction of sp³-hybridized carbons (Fsp3) is 0.167. The summed E-state index contributed by atoms with van der Waals surface area (Å²) in [6.07, 6.45) is 0. The molecule has 0 aliphatic heterocycles. The van der Waals surface area contributed by atoms with Gasteiger partial charge in [0.2, 0.25) is 5.91 Å². The first-order valence-electron chi connectivity index (χ1n) is 5.49. The number of carboxylic acid groups (broad SMARTS) is 1. The van der Waals surface area contributed by atoms with Crippen LogP contribution in [0.3, 0.4) is 0 Å². The van der Waals surface area contributed by atoms with E-state index in [2.05, 4.69) is 10.2 Å². The number of carbonyl (C=O) groups excluding carboxylic acids is 1. The number of carbonyl (C=O) groups is 2. The van der Waals surface area contributed by atoms with E-state index in [9.17, 15) is 9.59 Å². The number of fused-ring (bicyclic) bond motifs is 1. The summed E-state index contributed by atoms with van der Waals surface area (Å²) in [7, 11) is 1.58. The Morgan fingerprint density at radius 1 is 1.32 bits per heavy atom. The molecule has 0 bridgehead atoms. The van der Waals surface area contributed by atoms with Crippen molar-refractivity contribution in [3.05, 3.63) is 30.0 Å². The Morgan fingerprint density at radius 2 is 2.00 bits per heavy atom. The highest BCUT2D eigenvalue weighted by molar-refractivity contribution is 6.03. The third-order valence-electron chi connectivity index (χ3n) is 2.62. The van der Waals surface area contributed by atoms with Crippen LogP contribution >= 0.6 is 0 Å². The predicted molar refractivity (Wildman–Crippen MR) is 69.0 cm³/mol. The average molecular weight is 260 g/mol. The molecule has 1 aromatic heterocycles. The lowest BCUT2D eigenvalue weighted by atomic mass is 10.1. The first-order valence-corrected chi connectivity index (χ1v) is 5.49. The Kier molecular flexibility index (Phi) is 3.28. The number of aromatic carboxylic acids is 1. The topological polar surface area (TPSA) is 109 Å². The molecule has 0 fully saturated rings. The van der Waals surface area contributed by atoms with E-state index in [4.69, 9.17) is 10.8 Å². The second kappa shape index (κ2) is 4.89. The molecule has 0 atom stereocenters. The molecule has 0 aliphatic carbocycles. The van der Waals surface area contributed by atoms with Gasteiger partial charge in [0.05, 0.1) is 17.7 Å². The normalized spacial score (nSPS) is 10.4. The minimum atomic E-state index is -1.20. The highest BCUT2D eigenvalue weighted by atomic mass is 16.4. The fourth-order valence-electron chi connectivity index (χ4n) is 1.88. The van der Waals surface area contributed by atoms with Crippen molar-refractivity contribution < 1.29 is 14.7 Å². The number of aromatic nitrogens is 2. The molecule has 1 aromatic carbocycles. The van der Waals surface area contributed by atoms with Gasteiger partial charge >= 0.3 is 5.97 Å². The van der Waals surface area contributed by atoms with Crippen LogP contribution in [0.25, 0.3) is 10.9 Å². The van der Waals surface area contributed by atoms with E-state index in [0.29, 0.717) is 16.6 Å². The molecule has 7 heteroatoms. The predicted octanol–water partition coefficient (Wildman–Crippen LogP) is 0.249. The first-order chi connectivity index (χ1) is 9.00. The van der Waals surface area contributed by atoms with Crippen LogP contribution in [0.4, 0.5) is 5.69 Å². The van der Waals surface area contributed by atoms with Crippen LogP contribution in [0, 0.1) is 0 Å². The monoisotopic (exact) mass is 260 g/mol. The lowest BCUT2D eigenvalue weighted by molar-refractivity contribution is -0.116. The number of rotatable bonds is 4. The van der Waals surface area contributed by atoms with Gasteiger partial charge in [0.15, 0.2) is 5.69 Å². The van der Waals surface area contributed by atoms with Crippen molar-refractivity contribution >= 4 is 28.5 Å². The van der Waals surface area contributed by atoms with Crippen molar-refractivity contribution in [1.29, 1.82) is 0 Å². The van der Waals surface area contributed by atoms with Crippen LogP contribution in [-0.2, 0) is 4.79 Å². The summed E-state index contributed by atoms with van der Waals surface area (Å²) in [6, 6.07) is 6.98. The SMILES string of the molecule is CN(CC(N)=O)c1c(C(=O)O)nnc2ccccc12. The van der Waals surface area contributed by atoms with Gasteiger partial charge in [-0.1, -0.05) is 18.2 Å². The molecule has 1 amide bonds. The number of amides is 1. The summed E-state index contributed by atoms with van der Waals surface area (Å²) in [4.78, 5) is 23.7. The summed E-state index contributed by atoms with van der Waals surface area (Å²) < 4.78 is 0. The van der Waals surface area contributed by atoms with Crippen LogP contribution in [0.2, 0.25) is 0 Å². The van der Waals surface area contributed by atoms with Crippen molar-refractivity contribution in [3.8, 4) is 0 Å². The second-order valence-electron chi connectivity index (χ2n) is 4.04. The number of benzene rings is 1. The maximum Gasteiger partial charge on any atom is 0.358 e. The van der Waals surface area contributed by atoms with E-state index in [1.807, 2.05) is 0 Å². The van der Waals surface area contributed by atoms with Crippen molar-refractivity contribution in [2.24, 2.45) is 5.73 Å². The van der Waals surface area contributed by atoms with Crippen LogP contribution in [-0.4, -0.2) is 40.8 Å². The Hall–Kier alpha value is -2.70. The van der Waals surface area contributed by atoms with Crippen molar-refractivity contribution in [1.82, 2.24) is 10.2 Å². The van der Waals surface area contributed by atoms with Gasteiger partial charge in [0.1, 0.15) is 0 Å². The van der Waals surface area contributed by atoms with Crippen molar-refractivity contribution in [3.63, 3.8) is 0 Å². The summed E-state index contributed by atoms with van der Waals surface area (Å²) in [5.41, 5.74) is 5.82. The van der Waals surface area contributed by atoms with Crippen LogP contribution in [0.1, 0.15) is 10.5 Å². The number of carboxylic acids is 1. The Morgan fingerprint density at radius 3 is 2.63 bits per heavy atom. The van der Waals surface area contributed by atoms with E-state index in [1.165, 1.54) is 4.90 Å². The van der Waals surface area contributed by atoms with E-state index in [1.54, 1.807) is 31.3 Å². The number of nitrogens with two attached hydrogens (primary N) is 1. The van der Waals surface area contributed by atoms with Gasteiger partial charge in [-0.15, -0.1) is 10.2 Å². The Labute approximate surface area is 108 Å². The molecule has 3 N–H and O–H groups in total. The highest BCUT2D eigenvalue weighted by Crippen LogP contribution is 2.27. The molecule has 0 spiro atoms. The molecule has 98 valence electrons. The first kappa shape index (κ1) is 12.7. The van der Waals surface area contributed by atoms with E-state index >= 15 is 0 Å². The van der Waals surface area contributed by atoms with Crippen LogP contribution < -0.4 is 10.6 Å². The van der Waals surface area contributed by atoms with Gasteiger partial charge in [-0.25, -0.2) is 4.79 Å². The molecule has 0 saturated heterocycles. The van der Waals surface area contributed by atoms with E-state index in [0.717, 1.165) is 0 Å². The summed E-state index contributed by atoms with van der Waals surface area (Å²) >= 11 is 0. The second-order valence-corrected chi connectivity index (χ2v) is 4.04. The van der Waals surface area contributed by atoms with Gasteiger partial charge in [-0.05, 0) is 6.07 Å². The van der Waals surface area contributed by atoms with Gasteiger partial charge in [-0.3, -0.25) is 4.79 Å². The summed E-state index contributed by atoms with van der Waals surface area (Å²) in [6.45, 7) is -0.101. The lowest BCUT2D eigenvalue weighted by Gasteiger charge is -2.20. The molecule has 2 aromatic rings. The minimum absolute atomic E-state index is 0.101. The Bertz CT molecular complexity index is 656. The molecule has 0 aliphatic rings. The number of likely N-dealkylation sites (N-methyl/N-ethyl adjacent to an activating group) is 1. The van der Waals surface area contributed by atoms with Gasteiger partial charge in [-0.2, -0.15) is 0 Å². The summed E-state index contributed by atoms with van der Waals surface area (Å²) in [5, 5.41) is 17.3. The summed E-state index contributed by atoms with van der Waals surface area (Å²) in [5.74, 6) is -1.76. The van der Waals surface area contributed by atoms with Crippen molar-refractivity contribution in [2.45, 2.75) is 0 Å². The molecule has 0 radical (unpaired) electrons. The largest absolute Gasteiger partial charge is 0.476 e. The van der Waals surface area contributed by atoms with Crippen LogP contribution in [0.15, 0.2) is 24.3 Å².